The van der Waals surface area contributed by atoms with E-state index in [1.54, 1.807) is 12.3 Å². The largest absolute Gasteiger partial charge is 0.368 e. The first-order chi connectivity index (χ1) is 11.9. The average Bonchev–Trinajstić information content (AvgIpc) is 3.27. The van der Waals surface area contributed by atoms with Gasteiger partial charge in [0, 0.05) is 18.3 Å². The van der Waals surface area contributed by atoms with Gasteiger partial charge in [0.05, 0.1) is 12.2 Å². The topological polar surface area (TPSA) is 119 Å². The van der Waals surface area contributed by atoms with Gasteiger partial charge in [0.2, 0.25) is 5.91 Å². The Hall–Kier alpha value is -2.64. The zero-order valence-corrected chi connectivity index (χ0v) is 14.6. The van der Waals surface area contributed by atoms with Gasteiger partial charge >= 0.3 is 0 Å². The summed E-state index contributed by atoms with van der Waals surface area (Å²) in [7, 11) is 0. The number of nitrogens with two attached hydrogens (primary N) is 1. The van der Waals surface area contributed by atoms with Gasteiger partial charge in [-0.05, 0) is 18.9 Å². The van der Waals surface area contributed by atoms with Crippen molar-refractivity contribution in [3.63, 3.8) is 0 Å². The lowest BCUT2D eigenvalue weighted by molar-refractivity contribution is -0.123. The van der Waals surface area contributed by atoms with E-state index in [1.807, 2.05) is 10.8 Å². The molecule has 8 nitrogen and oxygen atoms in total. The lowest BCUT2D eigenvalue weighted by Gasteiger charge is -2.25. The van der Waals surface area contributed by atoms with Crippen LogP contribution < -0.4 is 11.1 Å². The molecule has 3 rings (SSSR count). The third-order valence-electron chi connectivity index (χ3n) is 4.75. The number of nitrogens with one attached hydrogen (secondary N) is 2. The van der Waals surface area contributed by atoms with E-state index >= 15 is 0 Å². The molecule has 2 aromatic rings. The molecule has 1 fully saturated rings. The number of amides is 2. The molecule has 2 aromatic heterocycles. The van der Waals surface area contributed by atoms with E-state index in [4.69, 9.17) is 5.73 Å². The highest BCUT2D eigenvalue weighted by Crippen LogP contribution is 2.29. The molecule has 1 aliphatic carbocycles. The number of carbonyl (C=O) groups is 2. The van der Waals surface area contributed by atoms with Crippen LogP contribution in [0.5, 0.6) is 0 Å². The molecule has 0 radical (unpaired) electrons. The van der Waals surface area contributed by atoms with Crippen LogP contribution in [0.15, 0.2) is 18.5 Å². The van der Waals surface area contributed by atoms with Crippen molar-refractivity contribution in [3.05, 3.63) is 35.7 Å². The number of hydrogen-bond acceptors (Lipinski definition) is 4. The zero-order valence-electron chi connectivity index (χ0n) is 14.6. The minimum absolute atomic E-state index is 0.258. The van der Waals surface area contributed by atoms with Gasteiger partial charge in [0.15, 0.2) is 0 Å². The van der Waals surface area contributed by atoms with Crippen LogP contribution in [0, 0.1) is 0 Å². The van der Waals surface area contributed by atoms with Crippen LogP contribution in [0.4, 0.5) is 0 Å². The van der Waals surface area contributed by atoms with Crippen molar-refractivity contribution in [3.8, 4) is 0 Å². The Kier molecular flexibility index (Phi) is 4.61. The van der Waals surface area contributed by atoms with Crippen LogP contribution in [0.2, 0.25) is 0 Å². The normalized spacial score (nSPS) is 16.3. The molecule has 2 amide bonds. The van der Waals surface area contributed by atoms with Crippen molar-refractivity contribution in [1.29, 1.82) is 0 Å². The monoisotopic (exact) mass is 344 g/mol. The Labute approximate surface area is 146 Å². The first kappa shape index (κ1) is 17.2. The summed E-state index contributed by atoms with van der Waals surface area (Å²) >= 11 is 0. The van der Waals surface area contributed by atoms with Crippen LogP contribution >= 0.6 is 0 Å². The van der Waals surface area contributed by atoms with Crippen molar-refractivity contribution < 1.29 is 9.59 Å². The fourth-order valence-electron chi connectivity index (χ4n) is 3.39. The van der Waals surface area contributed by atoms with Crippen molar-refractivity contribution in [2.45, 2.75) is 57.5 Å². The summed E-state index contributed by atoms with van der Waals surface area (Å²) < 4.78 is 2.02. The third-order valence-corrected chi connectivity index (χ3v) is 4.75. The summed E-state index contributed by atoms with van der Waals surface area (Å²) in [6.45, 7) is 4.71. The van der Waals surface area contributed by atoms with Crippen molar-refractivity contribution in [1.82, 2.24) is 25.1 Å². The van der Waals surface area contributed by atoms with Gasteiger partial charge in [-0.3, -0.25) is 14.7 Å². The summed E-state index contributed by atoms with van der Waals surface area (Å²) in [5.74, 6) is 0.421. The number of aromatic nitrogens is 4. The summed E-state index contributed by atoms with van der Waals surface area (Å²) in [5, 5.41) is 9.76. The predicted molar refractivity (Wildman–Crippen MR) is 91.9 cm³/mol. The fourth-order valence-corrected chi connectivity index (χ4v) is 3.39. The molecule has 1 aliphatic rings. The van der Waals surface area contributed by atoms with E-state index in [0.717, 1.165) is 24.4 Å². The van der Waals surface area contributed by atoms with Crippen molar-refractivity contribution in [2.24, 2.45) is 5.73 Å². The van der Waals surface area contributed by atoms with E-state index in [9.17, 15) is 9.59 Å². The second-order valence-corrected chi connectivity index (χ2v) is 6.95. The van der Waals surface area contributed by atoms with Crippen molar-refractivity contribution >= 4 is 11.8 Å². The summed E-state index contributed by atoms with van der Waals surface area (Å²) in [6, 6.07) is 1.70. The number of carbonyl (C=O) groups excluding carboxylic acids is 2. The van der Waals surface area contributed by atoms with E-state index in [1.165, 1.54) is 0 Å². The van der Waals surface area contributed by atoms with Crippen LogP contribution in [0.1, 0.15) is 67.5 Å². The molecule has 134 valence electrons. The maximum atomic E-state index is 12.5. The van der Waals surface area contributed by atoms with E-state index in [2.05, 4.69) is 34.3 Å². The second-order valence-electron chi connectivity index (χ2n) is 6.95. The first-order valence-electron chi connectivity index (χ1n) is 8.59. The molecule has 1 saturated carbocycles. The first-order valence-corrected chi connectivity index (χ1v) is 8.59. The summed E-state index contributed by atoms with van der Waals surface area (Å²) in [6.07, 6.45) is 6.59. The molecule has 0 spiro atoms. The Morgan fingerprint density at radius 2 is 2.12 bits per heavy atom. The van der Waals surface area contributed by atoms with Gasteiger partial charge < -0.3 is 15.6 Å². The third kappa shape index (κ3) is 3.42. The Bertz CT molecular complexity index is 770. The van der Waals surface area contributed by atoms with Gasteiger partial charge in [0.25, 0.3) is 5.91 Å². The zero-order chi connectivity index (χ0) is 18.0. The van der Waals surface area contributed by atoms with Gasteiger partial charge in [-0.2, -0.15) is 5.10 Å². The highest BCUT2D eigenvalue weighted by molar-refractivity contribution is 5.97. The number of rotatable bonds is 6. The molecule has 0 unspecified atom stereocenters. The molecule has 0 atom stereocenters. The molecule has 0 bridgehead atoms. The van der Waals surface area contributed by atoms with E-state index in [0.29, 0.717) is 25.3 Å². The number of H-pyrrole nitrogens is 1. The molecule has 2 heterocycles. The standard InChI is InChI=1S/C17H24N6O2/c1-11(2)14-19-7-8-23(14)10-12-9-13(22-21-12)15(24)20-17(16(18)25)5-3-4-6-17/h7-9,11H,3-6,10H2,1-2H3,(H2,18,25)(H,20,24)(H,21,22). The second kappa shape index (κ2) is 6.70. The number of primary amides is 1. The molecule has 4 N–H and O–H groups in total. The molecule has 8 heteroatoms. The number of hydrogen-bond donors (Lipinski definition) is 3. The Morgan fingerprint density at radius 1 is 1.40 bits per heavy atom. The summed E-state index contributed by atoms with van der Waals surface area (Å²) in [5.41, 5.74) is 5.62. The Balaban J connectivity index is 1.71. The van der Waals surface area contributed by atoms with Crippen molar-refractivity contribution in [2.75, 3.05) is 0 Å². The number of nitrogens with zero attached hydrogens (tertiary/aromatic N) is 3. The van der Waals surface area contributed by atoms with E-state index < -0.39 is 11.4 Å². The maximum absolute atomic E-state index is 12.5. The SMILES string of the molecule is CC(C)c1nccn1Cc1cc(C(=O)NC2(C(N)=O)CCCC2)n[nH]1. The molecule has 0 aliphatic heterocycles. The number of aromatic amines is 1. The quantitative estimate of drug-likeness (QED) is 0.732. The lowest BCUT2D eigenvalue weighted by Crippen LogP contribution is -2.55. The highest BCUT2D eigenvalue weighted by atomic mass is 16.2. The Morgan fingerprint density at radius 3 is 2.76 bits per heavy atom. The highest BCUT2D eigenvalue weighted by Gasteiger charge is 2.41. The minimum atomic E-state index is -0.939. The van der Waals surface area contributed by atoms with E-state index in [-0.39, 0.29) is 11.6 Å². The van der Waals surface area contributed by atoms with Crippen LogP contribution in [-0.2, 0) is 11.3 Å². The fraction of sp³-hybridized carbons (Fsp3) is 0.529. The van der Waals surface area contributed by atoms with Crippen LogP contribution in [0.25, 0.3) is 0 Å². The molecule has 0 aromatic carbocycles. The van der Waals surface area contributed by atoms with Gasteiger partial charge in [-0.25, -0.2) is 4.98 Å². The maximum Gasteiger partial charge on any atom is 0.272 e. The molecule has 0 saturated heterocycles. The average molecular weight is 344 g/mol. The van der Waals surface area contributed by atoms with Gasteiger partial charge in [-0.15, -0.1) is 0 Å². The molecule has 25 heavy (non-hydrogen) atoms. The smallest absolute Gasteiger partial charge is 0.272 e. The molecular weight excluding hydrogens is 320 g/mol. The minimum Gasteiger partial charge on any atom is -0.368 e. The lowest BCUT2D eigenvalue weighted by atomic mass is 9.96. The summed E-state index contributed by atoms with van der Waals surface area (Å²) in [4.78, 5) is 28.6. The van der Waals surface area contributed by atoms with Crippen LogP contribution in [0.3, 0.4) is 0 Å². The molecular formula is C17H24N6O2. The predicted octanol–water partition coefficient (Wildman–Crippen LogP) is 1.31. The van der Waals surface area contributed by atoms with Gasteiger partial charge in [0.1, 0.15) is 17.1 Å². The van der Waals surface area contributed by atoms with Gasteiger partial charge in [-0.1, -0.05) is 26.7 Å². The number of imidazole rings is 1. The van der Waals surface area contributed by atoms with Crippen LogP contribution in [-0.4, -0.2) is 37.1 Å².